The lowest BCUT2D eigenvalue weighted by Crippen LogP contribution is -2.26. The third kappa shape index (κ3) is 5.10. The molecule has 0 saturated carbocycles. The van der Waals surface area contributed by atoms with Crippen LogP contribution in [-0.2, 0) is 6.42 Å². The molecule has 0 aliphatic rings. The monoisotopic (exact) mass is 218 g/mol. The van der Waals surface area contributed by atoms with E-state index in [-0.39, 0.29) is 0 Å². The van der Waals surface area contributed by atoms with Crippen LogP contribution >= 0.6 is 0 Å². The van der Waals surface area contributed by atoms with Gasteiger partial charge in [-0.15, -0.1) is 0 Å². The molecule has 1 aromatic rings. The quantitative estimate of drug-likeness (QED) is 0.704. The van der Waals surface area contributed by atoms with Gasteiger partial charge in [-0.3, -0.25) is 0 Å². The summed E-state index contributed by atoms with van der Waals surface area (Å²) in [7, 11) is 4.10. The van der Waals surface area contributed by atoms with Crippen molar-refractivity contribution in [2.24, 2.45) is 0 Å². The summed E-state index contributed by atoms with van der Waals surface area (Å²) in [4.78, 5) is 2.31. The van der Waals surface area contributed by atoms with Crippen LogP contribution in [-0.4, -0.2) is 38.6 Å². The Labute approximate surface area is 99.0 Å². The van der Waals surface area contributed by atoms with E-state index in [2.05, 4.69) is 54.2 Å². The summed E-state index contributed by atoms with van der Waals surface area (Å²) in [5.74, 6) is 0. The Balaban J connectivity index is 2.25. The second-order valence-corrected chi connectivity index (χ2v) is 4.25. The Morgan fingerprint density at radius 3 is 2.62 bits per heavy atom. The molecule has 2 nitrogen and oxygen atoms in total. The number of nitrogens with one attached hydrogen (secondary N) is 1. The van der Waals surface area contributed by atoms with Gasteiger partial charge in [0.1, 0.15) is 0 Å². The molecular weight excluding hydrogens is 196 g/mol. The minimum absolute atomic E-state index is 0.898. The lowest BCUT2D eigenvalue weighted by molar-refractivity contribution is 0.364. The third-order valence-electron chi connectivity index (χ3n) is 2.55. The van der Waals surface area contributed by atoms with Crippen LogP contribution in [0.2, 0.25) is 0 Å². The lowest BCUT2D eigenvalue weighted by atomic mass is 10.1. The molecule has 0 aliphatic heterocycles. The molecule has 0 amide bonds. The van der Waals surface area contributed by atoms with E-state index in [9.17, 15) is 0 Å². The summed E-state index contributed by atoms with van der Waals surface area (Å²) >= 11 is 0. The summed E-state index contributed by atoms with van der Waals surface area (Å²) < 4.78 is 0. The first kappa shape index (κ1) is 12.9. The van der Waals surface area contributed by atoms with E-state index in [0.29, 0.717) is 0 Å². The van der Waals surface area contributed by atoms with E-state index in [1.807, 2.05) is 7.05 Å². The minimum atomic E-state index is 0.898. The third-order valence-corrected chi connectivity index (χ3v) is 2.55. The summed E-state index contributed by atoms with van der Waals surface area (Å²) in [6.07, 6.45) is 1.10. The van der Waals surface area contributed by atoms with Crippen molar-refractivity contribution in [3.05, 3.63) is 48.0 Å². The maximum absolute atomic E-state index is 4.04. The minimum Gasteiger partial charge on any atom is -0.316 e. The molecule has 0 spiro atoms. The van der Waals surface area contributed by atoms with Crippen LogP contribution < -0.4 is 5.32 Å². The van der Waals surface area contributed by atoms with Crippen molar-refractivity contribution in [3.63, 3.8) is 0 Å². The normalized spacial score (nSPS) is 10.7. The second-order valence-electron chi connectivity index (χ2n) is 4.25. The summed E-state index contributed by atoms with van der Waals surface area (Å²) in [5, 5.41) is 3.12. The van der Waals surface area contributed by atoms with E-state index in [4.69, 9.17) is 0 Å². The molecule has 0 aromatic heterocycles. The summed E-state index contributed by atoms with van der Waals surface area (Å²) in [6, 6.07) is 10.6. The number of likely N-dealkylation sites (N-methyl/N-ethyl adjacent to an activating group) is 2. The SMILES string of the molecule is C=C(CNC)CN(C)CCc1ccccc1. The Morgan fingerprint density at radius 2 is 2.00 bits per heavy atom. The molecule has 0 fully saturated rings. The average Bonchev–Trinajstić information content (AvgIpc) is 2.28. The molecule has 1 N–H and O–H groups in total. The largest absolute Gasteiger partial charge is 0.316 e. The maximum Gasteiger partial charge on any atom is 0.0199 e. The van der Waals surface area contributed by atoms with E-state index < -0.39 is 0 Å². The van der Waals surface area contributed by atoms with Gasteiger partial charge >= 0.3 is 0 Å². The molecule has 0 heterocycles. The van der Waals surface area contributed by atoms with Crippen LogP contribution in [0.15, 0.2) is 42.5 Å². The van der Waals surface area contributed by atoms with Crippen LogP contribution in [0.5, 0.6) is 0 Å². The highest BCUT2D eigenvalue weighted by Gasteiger charge is 2.01. The Morgan fingerprint density at radius 1 is 1.31 bits per heavy atom. The van der Waals surface area contributed by atoms with E-state index in [1.165, 1.54) is 11.1 Å². The first-order valence-electron chi connectivity index (χ1n) is 5.76. The highest BCUT2D eigenvalue weighted by atomic mass is 15.1. The molecule has 16 heavy (non-hydrogen) atoms. The van der Waals surface area contributed by atoms with Gasteiger partial charge in [0.2, 0.25) is 0 Å². The zero-order valence-electron chi connectivity index (χ0n) is 10.4. The summed E-state index contributed by atoms with van der Waals surface area (Å²) in [5.41, 5.74) is 2.63. The molecular formula is C14H22N2. The fourth-order valence-corrected chi connectivity index (χ4v) is 1.73. The zero-order valence-corrected chi connectivity index (χ0v) is 10.4. The van der Waals surface area contributed by atoms with Gasteiger partial charge in [0.05, 0.1) is 0 Å². The Kier molecular flexibility index (Phi) is 5.83. The molecule has 1 aromatic carbocycles. The molecule has 0 saturated heterocycles. The predicted octanol–water partition coefficient (Wildman–Crippen LogP) is 1.94. The molecule has 0 aliphatic carbocycles. The predicted molar refractivity (Wildman–Crippen MR) is 70.7 cm³/mol. The average molecular weight is 218 g/mol. The number of rotatable bonds is 7. The van der Waals surface area contributed by atoms with Gasteiger partial charge in [-0.05, 0) is 31.7 Å². The van der Waals surface area contributed by atoms with Gasteiger partial charge in [0.15, 0.2) is 0 Å². The van der Waals surface area contributed by atoms with Gasteiger partial charge < -0.3 is 10.2 Å². The van der Waals surface area contributed by atoms with Crippen LogP contribution in [0, 0.1) is 0 Å². The van der Waals surface area contributed by atoms with Gasteiger partial charge in [-0.1, -0.05) is 36.9 Å². The molecule has 0 radical (unpaired) electrons. The molecule has 88 valence electrons. The number of hydrogen-bond donors (Lipinski definition) is 1. The summed E-state index contributed by atoms with van der Waals surface area (Å²) in [6.45, 7) is 6.98. The van der Waals surface area contributed by atoms with Crippen LogP contribution in [0.1, 0.15) is 5.56 Å². The molecule has 1 rings (SSSR count). The fourth-order valence-electron chi connectivity index (χ4n) is 1.73. The zero-order chi connectivity index (χ0) is 11.8. The smallest absolute Gasteiger partial charge is 0.0199 e. The van der Waals surface area contributed by atoms with Crippen molar-refractivity contribution in [3.8, 4) is 0 Å². The van der Waals surface area contributed by atoms with Crippen molar-refractivity contribution in [2.45, 2.75) is 6.42 Å². The van der Waals surface area contributed by atoms with E-state index in [1.54, 1.807) is 0 Å². The standard InChI is InChI=1S/C14H22N2/c1-13(11-15-2)12-16(3)10-9-14-7-5-4-6-8-14/h4-8,15H,1,9-12H2,2-3H3. The number of benzene rings is 1. The van der Waals surface area contributed by atoms with Crippen LogP contribution in [0.4, 0.5) is 0 Å². The maximum atomic E-state index is 4.04. The first-order valence-corrected chi connectivity index (χ1v) is 5.76. The highest BCUT2D eigenvalue weighted by molar-refractivity contribution is 5.15. The van der Waals surface area contributed by atoms with Crippen molar-refractivity contribution in [2.75, 3.05) is 33.7 Å². The van der Waals surface area contributed by atoms with E-state index in [0.717, 1.165) is 26.1 Å². The van der Waals surface area contributed by atoms with Gasteiger partial charge in [0.25, 0.3) is 0 Å². The molecule has 0 bridgehead atoms. The molecule has 2 heteroatoms. The van der Waals surface area contributed by atoms with Gasteiger partial charge in [-0.25, -0.2) is 0 Å². The van der Waals surface area contributed by atoms with Crippen molar-refractivity contribution in [1.82, 2.24) is 10.2 Å². The van der Waals surface area contributed by atoms with Gasteiger partial charge in [0, 0.05) is 19.6 Å². The second kappa shape index (κ2) is 7.20. The lowest BCUT2D eigenvalue weighted by Gasteiger charge is -2.17. The van der Waals surface area contributed by atoms with Crippen molar-refractivity contribution < 1.29 is 0 Å². The fraction of sp³-hybridized carbons (Fsp3) is 0.429. The highest BCUT2D eigenvalue weighted by Crippen LogP contribution is 2.01. The van der Waals surface area contributed by atoms with Crippen LogP contribution in [0.3, 0.4) is 0 Å². The molecule has 0 atom stereocenters. The van der Waals surface area contributed by atoms with E-state index >= 15 is 0 Å². The topological polar surface area (TPSA) is 15.3 Å². The van der Waals surface area contributed by atoms with Crippen molar-refractivity contribution in [1.29, 1.82) is 0 Å². The Hall–Kier alpha value is -1.12. The Bertz CT molecular complexity index is 306. The first-order chi connectivity index (χ1) is 7.72. The number of nitrogens with zero attached hydrogens (tertiary/aromatic N) is 1. The van der Waals surface area contributed by atoms with Crippen LogP contribution in [0.25, 0.3) is 0 Å². The molecule has 0 unspecified atom stereocenters. The number of hydrogen-bond acceptors (Lipinski definition) is 2. The van der Waals surface area contributed by atoms with Crippen molar-refractivity contribution >= 4 is 0 Å². The van der Waals surface area contributed by atoms with Gasteiger partial charge in [-0.2, -0.15) is 0 Å².